The first kappa shape index (κ1) is 19.5. The molecule has 0 spiro atoms. The van der Waals surface area contributed by atoms with Crippen molar-refractivity contribution < 1.29 is 14.4 Å². The van der Waals surface area contributed by atoms with Crippen molar-refractivity contribution >= 4 is 35.2 Å². The number of carbonyl (C=O) groups is 3. The van der Waals surface area contributed by atoms with Gasteiger partial charge in [-0.05, 0) is 51.5 Å². The van der Waals surface area contributed by atoms with Crippen molar-refractivity contribution in [3.05, 3.63) is 29.8 Å². The van der Waals surface area contributed by atoms with Gasteiger partial charge in [0.25, 0.3) is 11.8 Å². The van der Waals surface area contributed by atoms with Crippen molar-refractivity contribution in [1.82, 2.24) is 15.8 Å². The highest BCUT2D eigenvalue weighted by Crippen LogP contribution is 2.47. The van der Waals surface area contributed by atoms with E-state index in [1.54, 1.807) is 28.8 Å². The van der Waals surface area contributed by atoms with E-state index >= 15 is 0 Å². The maximum atomic E-state index is 12.5. The van der Waals surface area contributed by atoms with Crippen LogP contribution in [0.1, 0.15) is 44.0 Å². The van der Waals surface area contributed by atoms with Gasteiger partial charge in [-0.25, -0.2) is 0 Å². The van der Waals surface area contributed by atoms with E-state index in [0.717, 1.165) is 25.2 Å². The number of carbonyl (C=O) groups excluding carboxylic acids is 3. The fraction of sp³-hybridized carbons (Fsp3) is 0.526. The number of hydrazine groups is 1. The predicted octanol–water partition coefficient (Wildman–Crippen LogP) is 1.75. The van der Waals surface area contributed by atoms with Crippen LogP contribution in [0, 0.1) is 0 Å². The largest absolute Gasteiger partial charge is 0.372 e. The van der Waals surface area contributed by atoms with Gasteiger partial charge in [-0.2, -0.15) is 0 Å². The molecule has 2 fully saturated rings. The number of fused-ring (bicyclic) bond motifs is 1. The quantitative estimate of drug-likeness (QED) is 0.749. The molecule has 7 nitrogen and oxygen atoms in total. The standard InChI is InChI=1S/C19H26N4O3S/c1-4-22(5-2)14-8-6-13(7-9-14)17(25)20-21-18(26)15-12-27-19(3)11-10-16(24)23(15)19/h6-9,15H,4-5,10-12H2,1-3H3,(H,20,25)(H,21,26)/t15-,19+/m0/s1. The molecule has 2 aliphatic rings. The fourth-order valence-electron chi connectivity index (χ4n) is 3.70. The topological polar surface area (TPSA) is 81.8 Å². The van der Waals surface area contributed by atoms with Crippen LogP contribution in [0.5, 0.6) is 0 Å². The number of amides is 3. The molecular weight excluding hydrogens is 364 g/mol. The summed E-state index contributed by atoms with van der Waals surface area (Å²) in [5.41, 5.74) is 6.46. The molecule has 0 aliphatic carbocycles. The Morgan fingerprint density at radius 3 is 2.52 bits per heavy atom. The van der Waals surface area contributed by atoms with Gasteiger partial charge in [0, 0.05) is 36.5 Å². The summed E-state index contributed by atoms with van der Waals surface area (Å²) >= 11 is 1.62. The number of hydrogen-bond donors (Lipinski definition) is 2. The number of nitrogens with one attached hydrogen (secondary N) is 2. The first-order valence-electron chi connectivity index (χ1n) is 9.31. The molecule has 0 aromatic heterocycles. The predicted molar refractivity (Wildman–Crippen MR) is 106 cm³/mol. The smallest absolute Gasteiger partial charge is 0.269 e. The van der Waals surface area contributed by atoms with Crippen molar-refractivity contribution in [2.24, 2.45) is 0 Å². The zero-order chi connectivity index (χ0) is 19.6. The van der Waals surface area contributed by atoms with Crippen LogP contribution in [0.15, 0.2) is 24.3 Å². The molecule has 1 aromatic rings. The van der Waals surface area contributed by atoms with Gasteiger partial charge >= 0.3 is 0 Å². The van der Waals surface area contributed by atoms with Crippen molar-refractivity contribution in [3.63, 3.8) is 0 Å². The lowest BCUT2D eigenvalue weighted by molar-refractivity contribution is -0.138. The first-order valence-corrected chi connectivity index (χ1v) is 10.3. The Labute approximate surface area is 163 Å². The number of benzene rings is 1. The van der Waals surface area contributed by atoms with E-state index in [4.69, 9.17) is 0 Å². The lowest BCUT2D eigenvalue weighted by atomic mass is 10.2. The van der Waals surface area contributed by atoms with E-state index in [9.17, 15) is 14.4 Å². The van der Waals surface area contributed by atoms with Gasteiger partial charge in [-0.3, -0.25) is 25.2 Å². The van der Waals surface area contributed by atoms with E-state index in [1.807, 2.05) is 19.1 Å². The van der Waals surface area contributed by atoms with Crippen LogP contribution in [0.3, 0.4) is 0 Å². The highest BCUT2D eigenvalue weighted by Gasteiger charge is 2.52. The van der Waals surface area contributed by atoms with Crippen LogP contribution in [-0.2, 0) is 9.59 Å². The summed E-state index contributed by atoms with van der Waals surface area (Å²) < 4.78 is 0. The van der Waals surface area contributed by atoms with Crippen molar-refractivity contribution in [2.75, 3.05) is 23.7 Å². The summed E-state index contributed by atoms with van der Waals surface area (Å²) in [6, 6.07) is 6.72. The van der Waals surface area contributed by atoms with Crippen LogP contribution in [0.4, 0.5) is 5.69 Å². The molecular formula is C19H26N4O3S. The first-order chi connectivity index (χ1) is 12.9. The van der Waals surface area contributed by atoms with E-state index in [-0.39, 0.29) is 22.6 Å². The molecule has 0 bridgehead atoms. The van der Waals surface area contributed by atoms with Crippen LogP contribution in [0.25, 0.3) is 0 Å². The van der Waals surface area contributed by atoms with Gasteiger partial charge in [0.1, 0.15) is 6.04 Å². The second-order valence-corrected chi connectivity index (χ2v) is 8.43. The van der Waals surface area contributed by atoms with Crippen LogP contribution in [-0.4, -0.2) is 52.4 Å². The zero-order valence-corrected chi connectivity index (χ0v) is 16.8. The Kier molecular flexibility index (Phi) is 5.64. The lowest BCUT2D eigenvalue weighted by Gasteiger charge is -2.29. The molecule has 0 radical (unpaired) electrons. The van der Waals surface area contributed by atoms with E-state index in [0.29, 0.717) is 17.7 Å². The Morgan fingerprint density at radius 2 is 1.89 bits per heavy atom. The Morgan fingerprint density at radius 1 is 1.22 bits per heavy atom. The molecule has 1 aromatic carbocycles. The van der Waals surface area contributed by atoms with Crippen molar-refractivity contribution in [1.29, 1.82) is 0 Å². The van der Waals surface area contributed by atoms with E-state index < -0.39 is 6.04 Å². The molecule has 2 N–H and O–H groups in total. The third kappa shape index (κ3) is 3.76. The third-order valence-electron chi connectivity index (χ3n) is 5.30. The fourth-order valence-corrected chi connectivity index (χ4v) is 5.13. The lowest BCUT2D eigenvalue weighted by Crippen LogP contribution is -2.54. The molecule has 0 saturated carbocycles. The molecule has 146 valence electrons. The summed E-state index contributed by atoms with van der Waals surface area (Å²) in [5.74, 6) is -0.186. The molecule has 2 aliphatic heterocycles. The Balaban J connectivity index is 1.58. The minimum absolute atomic E-state index is 0.000896. The number of anilines is 1. The van der Waals surface area contributed by atoms with Crippen molar-refractivity contribution in [3.8, 4) is 0 Å². The molecule has 2 saturated heterocycles. The molecule has 27 heavy (non-hydrogen) atoms. The van der Waals surface area contributed by atoms with Gasteiger partial charge < -0.3 is 9.80 Å². The monoisotopic (exact) mass is 390 g/mol. The van der Waals surface area contributed by atoms with Crippen LogP contribution in [0.2, 0.25) is 0 Å². The molecule has 0 unspecified atom stereocenters. The Bertz CT molecular complexity index is 735. The zero-order valence-electron chi connectivity index (χ0n) is 15.9. The highest BCUT2D eigenvalue weighted by atomic mass is 32.2. The SMILES string of the molecule is CCN(CC)c1ccc(C(=O)NNC(=O)[C@@H]2CS[C@]3(C)CCC(=O)N23)cc1. The minimum atomic E-state index is -0.541. The van der Waals surface area contributed by atoms with Gasteiger partial charge in [0.05, 0.1) is 4.87 Å². The average Bonchev–Trinajstić information content (AvgIpc) is 3.17. The van der Waals surface area contributed by atoms with Gasteiger partial charge in [0.2, 0.25) is 5.91 Å². The van der Waals surface area contributed by atoms with E-state index in [1.165, 1.54) is 0 Å². The maximum absolute atomic E-state index is 12.5. The summed E-state index contributed by atoms with van der Waals surface area (Å²) in [5, 5.41) is 0. The third-order valence-corrected chi connectivity index (χ3v) is 6.81. The summed E-state index contributed by atoms with van der Waals surface area (Å²) in [7, 11) is 0. The number of hydrogen-bond acceptors (Lipinski definition) is 5. The van der Waals surface area contributed by atoms with Gasteiger partial charge in [-0.15, -0.1) is 11.8 Å². The van der Waals surface area contributed by atoms with Crippen LogP contribution >= 0.6 is 11.8 Å². The van der Waals surface area contributed by atoms with Crippen LogP contribution < -0.4 is 15.8 Å². The van der Waals surface area contributed by atoms with Gasteiger partial charge in [0.15, 0.2) is 0 Å². The summed E-state index contributed by atoms with van der Waals surface area (Å²) in [4.78, 5) is 40.5. The number of rotatable bonds is 5. The molecule has 2 atom stereocenters. The van der Waals surface area contributed by atoms with E-state index in [2.05, 4.69) is 29.6 Å². The summed E-state index contributed by atoms with van der Waals surface area (Å²) in [6.07, 6.45) is 1.23. The molecule has 3 rings (SSSR count). The average molecular weight is 391 g/mol. The van der Waals surface area contributed by atoms with Crippen molar-refractivity contribution in [2.45, 2.75) is 44.5 Å². The minimum Gasteiger partial charge on any atom is -0.372 e. The Hall–Kier alpha value is -2.22. The number of nitrogens with zero attached hydrogens (tertiary/aromatic N) is 2. The highest BCUT2D eigenvalue weighted by molar-refractivity contribution is 8.01. The second-order valence-electron chi connectivity index (χ2n) is 6.93. The normalized spacial score (nSPS) is 23.9. The molecule has 3 amide bonds. The second kappa shape index (κ2) is 7.80. The van der Waals surface area contributed by atoms with Gasteiger partial charge in [-0.1, -0.05) is 0 Å². The maximum Gasteiger partial charge on any atom is 0.269 e. The molecule has 2 heterocycles. The number of thioether (sulfide) groups is 1. The summed E-state index contributed by atoms with van der Waals surface area (Å²) in [6.45, 7) is 7.94. The molecule has 8 heteroatoms.